The fourth-order valence-electron chi connectivity index (χ4n) is 8.24. The Bertz CT molecular complexity index is 2550. The van der Waals surface area contributed by atoms with Gasteiger partial charge in [-0.3, -0.25) is 0 Å². The minimum absolute atomic E-state index is 0.546. The van der Waals surface area contributed by atoms with Crippen LogP contribution in [0.4, 0.5) is 17.1 Å². The maximum absolute atomic E-state index is 2.45. The number of benzene rings is 7. The van der Waals surface area contributed by atoms with Crippen molar-refractivity contribution in [3.05, 3.63) is 180 Å². The van der Waals surface area contributed by atoms with Crippen molar-refractivity contribution in [2.75, 3.05) is 4.90 Å². The van der Waals surface area contributed by atoms with Crippen LogP contribution in [0.5, 0.6) is 0 Å². The van der Waals surface area contributed by atoms with Gasteiger partial charge in [0.2, 0.25) is 0 Å². The summed E-state index contributed by atoms with van der Waals surface area (Å²) in [7, 11) is 0. The summed E-state index contributed by atoms with van der Waals surface area (Å²) in [5, 5.41) is 2.57. The smallest absolute Gasteiger partial charge is 0.0547 e. The molecule has 8 rings (SSSR count). The highest BCUT2D eigenvalue weighted by Gasteiger charge is 2.16. The Morgan fingerprint density at radius 2 is 1.11 bits per heavy atom. The molecule has 0 spiro atoms. The highest BCUT2D eigenvalue weighted by Crippen LogP contribution is 2.39. The van der Waals surface area contributed by atoms with Gasteiger partial charge in [0.25, 0.3) is 0 Å². The van der Waals surface area contributed by atoms with Gasteiger partial charge in [-0.15, -0.1) is 0 Å². The zero-order valence-corrected chi connectivity index (χ0v) is 33.7. The second kappa shape index (κ2) is 16.5. The average molecular weight is 731 g/mol. The number of aromatic nitrogens is 1. The summed E-state index contributed by atoms with van der Waals surface area (Å²) in [6.45, 7) is 11.2. The van der Waals surface area contributed by atoms with Crippen LogP contribution >= 0.6 is 0 Å². The van der Waals surface area contributed by atoms with Crippen molar-refractivity contribution in [1.82, 2.24) is 4.57 Å². The largest absolute Gasteiger partial charge is 0.311 e. The summed E-state index contributed by atoms with van der Waals surface area (Å²) in [5.41, 5.74) is 17.3. The van der Waals surface area contributed by atoms with Crippen LogP contribution in [0.25, 0.3) is 49.7 Å². The standard InChI is InChI=1S/C54H54N2/c1-6-8-9-10-13-41-18-27-50(28-19-41)56-53-15-12-11-14-51(53)52-33-24-44(37-54(52)56)46-35-39(4)34-45(36-46)43-22-31-49(32-23-43)55(47-25-16-38(3)17-26-47)48-29-20-42(21-30-48)40(5)7-2/h11-12,14-37,40H,6-10,13H2,1-5H3. The topological polar surface area (TPSA) is 8.17 Å². The van der Waals surface area contributed by atoms with E-state index >= 15 is 0 Å². The Labute approximate surface area is 334 Å². The van der Waals surface area contributed by atoms with Crippen molar-refractivity contribution < 1.29 is 0 Å². The Kier molecular flexibility index (Phi) is 10.9. The molecule has 0 radical (unpaired) electrons. The molecule has 2 heteroatoms. The molecule has 1 unspecified atom stereocenters. The molecule has 0 amide bonds. The number of hydrogen-bond acceptors (Lipinski definition) is 1. The Balaban J connectivity index is 1.13. The zero-order valence-electron chi connectivity index (χ0n) is 33.7. The third kappa shape index (κ3) is 7.66. The monoisotopic (exact) mass is 730 g/mol. The molecule has 1 aromatic heterocycles. The molecule has 0 fully saturated rings. The third-order valence-electron chi connectivity index (χ3n) is 11.7. The number of unbranched alkanes of at least 4 members (excludes halogenated alkanes) is 3. The molecule has 0 aliphatic heterocycles. The number of hydrogen-bond donors (Lipinski definition) is 0. The first kappa shape index (κ1) is 37.1. The van der Waals surface area contributed by atoms with Gasteiger partial charge >= 0.3 is 0 Å². The van der Waals surface area contributed by atoms with Gasteiger partial charge in [0.1, 0.15) is 0 Å². The molecular weight excluding hydrogens is 677 g/mol. The van der Waals surface area contributed by atoms with Crippen molar-refractivity contribution in [2.24, 2.45) is 0 Å². The summed E-state index contributed by atoms with van der Waals surface area (Å²) >= 11 is 0. The molecule has 0 aliphatic carbocycles. The SMILES string of the molecule is CCCCCCc1ccc(-n2c3ccccc3c3ccc(-c4cc(C)cc(-c5ccc(N(c6ccc(C)cc6)c6ccc(C(C)CC)cc6)cc5)c4)cc32)cc1. The molecule has 56 heavy (non-hydrogen) atoms. The van der Waals surface area contributed by atoms with E-state index in [1.165, 1.54) is 97.7 Å². The van der Waals surface area contributed by atoms with Gasteiger partial charge in [-0.05, 0) is 145 Å². The van der Waals surface area contributed by atoms with Gasteiger partial charge in [0.15, 0.2) is 0 Å². The highest BCUT2D eigenvalue weighted by atomic mass is 15.1. The lowest BCUT2D eigenvalue weighted by Crippen LogP contribution is -2.10. The lowest BCUT2D eigenvalue weighted by molar-refractivity contribution is 0.667. The normalized spacial score (nSPS) is 12.0. The van der Waals surface area contributed by atoms with Crippen molar-refractivity contribution >= 4 is 38.9 Å². The van der Waals surface area contributed by atoms with Crippen LogP contribution in [-0.2, 0) is 6.42 Å². The number of fused-ring (bicyclic) bond motifs is 3. The molecule has 0 bridgehead atoms. The quantitative estimate of drug-likeness (QED) is 0.107. The van der Waals surface area contributed by atoms with Crippen molar-refractivity contribution in [3.63, 3.8) is 0 Å². The predicted molar refractivity (Wildman–Crippen MR) is 242 cm³/mol. The summed E-state index contributed by atoms with van der Waals surface area (Å²) in [6, 6.07) is 59.1. The number of anilines is 3. The number of nitrogens with zero attached hydrogens (tertiary/aromatic N) is 2. The fraction of sp³-hybridized carbons (Fsp3) is 0.222. The second-order valence-corrected chi connectivity index (χ2v) is 15.8. The van der Waals surface area contributed by atoms with Gasteiger partial charge in [-0.2, -0.15) is 0 Å². The molecule has 8 aromatic rings. The molecule has 0 N–H and O–H groups in total. The van der Waals surface area contributed by atoms with E-state index in [9.17, 15) is 0 Å². The lowest BCUT2D eigenvalue weighted by Gasteiger charge is -2.26. The lowest BCUT2D eigenvalue weighted by atomic mass is 9.95. The number of rotatable bonds is 13. The maximum Gasteiger partial charge on any atom is 0.0547 e. The third-order valence-corrected chi connectivity index (χ3v) is 11.7. The second-order valence-electron chi connectivity index (χ2n) is 15.8. The van der Waals surface area contributed by atoms with Crippen LogP contribution in [0.1, 0.15) is 81.0 Å². The van der Waals surface area contributed by atoms with Crippen LogP contribution in [0, 0.1) is 13.8 Å². The summed E-state index contributed by atoms with van der Waals surface area (Å²) in [6.07, 6.45) is 7.43. The molecule has 1 heterocycles. The molecule has 2 nitrogen and oxygen atoms in total. The van der Waals surface area contributed by atoms with Gasteiger partial charge in [0.05, 0.1) is 11.0 Å². The van der Waals surface area contributed by atoms with E-state index in [4.69, 9.17) is 0 Å². The van der Waals surface area contributed by atoms with Crippen LogP contribution in [0.3, 0.4) is 0 Å². The van der Waals surface area contributed by atoms with Gasteiger partial charge in [0, 0.05) is 33.5 Å². The maximum atomic E-state index is 2.45. The molecule has 7 aromatic carbocycles. The first-order valence-corrected chi connectivity index (χ1v) is 20.7. The van der Waals surface area contributed by atoms with Gasteiger partial charge in [-0.25, -0.2) is 0 Å². The highest BCUT2D eigenvalue weighted by molar-refractivity contribution is 6.10. The summed E-state index contributed by atoms with van der Waals surface area (Å²) in [5.74, 6) is 0.546. The Morgan fingerprint density at radius 1 is 0.500 bits per heavy atom. The predicted octanol–water partition coefficient (Wildman–Crippen LogP) is 15.8. The van der Waals surface area contributed by atoms with Gasteiger partial charge in [-0.1, -0.05) is 137 Å². The van der Waals surface area contributed by atoms with E-state index < -0.39 is 0 Å². The molecule has 0 aliphatic rings. The average Bonchev–Trinajstić information content (AvgIpc) is 3.57. The van der Waals surface area contributed by atoms with Crippen molar-refractivity contribution in [3.8, 4) is 27.9 Å². The molecule has 0 saturated carbocycles. The Morgan fingerprint density at radius 3 is 1.79 bits per heavy atom. The van der Waals surface area contributed by atoms with E-state index in [1.54, 1.807) is 0 Å². The van der Waals surface area contributed by atoms with E-state index in [1.807, 2.05) is 0 Å². The minimum Gasteiger partial charge on any atom is -0.311 e. The van der Waals surface area contributed by atoms with Gasteiger partial charge < -0.3 is 9.47 Å². The van der Waals surface area contributed by atoms with Crippen LogP contribution in [-0.4, -0.2) is 4.57 Å². The summed E-state index contributed by atoms with van der Waals surface area (Å²) in [4.78, 5) is 2.36. The molecule has 0 saturated heterocycles. The zero-order chi connectivity index (χ0) is 38.6. The first-order chi connectivity index (χ1) is 27.4. The van der Waals surface area contributed by atoms with E-state index in [2.05, 4.69) is 202 Å². The minimum atomic E-state index is 0.546. The van der Waals surface area contributed by atoms with Crippen LogP contribution in [0.15, 0.2) is 158 Å². The van der Waals surface area contributed by atoms with E-state index in [-0.39, 0.29) is 0 Å². The van der Waals surface area contributed by atoms with E-state index in [0.717, 1.165) is 29.9 Å². The molecular formula is C54H54N2. The summed E-state index contributed by atoms with van der Waals surface area (Å²) < 4.78 is 2.45. The van der Waals surface area contributed by atoms with Crippen LogP contribution in [0.2, 0.25) is 0 Å². The van der Waals surface area contributed by atoms with Crippen LogP contribution < -0.4 is 4.90 Å². The van der Waals surface area contributed by atoms with Crippen molar-refractivity contribution in [1.29, 1.82) is 0 Å². The Hall–Kier alpha value is -5.86. The fourth-order valence-corrected chi connectivity index (χ4v) is 8.24. The molecule has 1 atom stereocenters. The first-order valence-electron chi connectivity index (χ1n) is 20.7. The van der Waals surface area contributed by atoms with Crippen molar-refractivity contribution in [2.45, 2.75) is 79.1 Å². The van der Waals surface area contributed by atoms with E-state index in [0.29, 0.717) is 5.92 Å². The number of para-hydroxylation sites is 1. The molecule has 280 valence electrons. The number of aryl methyl sites for hydroxylation is 3.